The first-order valence-electron chi connectivity index (χ1n) is 9.35. The number of hydrogen-bond donors (Lipinski definition) is 1. The van der Waals surface area contributed by atoms with Gasteiger partial charge >= 0.3 is 6.09 Å². The topological polar surface area (TPSA) is 61.9 Å². The van der Waals surface area contributed by atoms with Gasteiger partial charge in [0.2, 0.25) is 5.91 Å². The maximum atomic E-state index is 15.3. The summed E-state index contributed by atoms with van der Waals surface area (Å²) in [6.07, 6.45) is -0.932. The Morgan fingerprint density at radius 1 is 1.38 bits per heavy atom. The van der Waals surface area contributed by atoms with Crippen LogP contribution >= 0.6 is 11.6 Å². The number of alkyl halides is 1. The second kappa shape index (κ2) is 8.83. The van der Waals surface area contributed by atoms with Crippen molar-refractivity contribution in [3.05, 3.63) is 34.6 Å². The van der Waals surface area contributed by atoms with E-state index in [1.807, 2.05) is 0 Å². The van der Waals surface area contributed by atoms with Gasteiger partial charge in [-0.25, -0.2) is 13.6 Å². The molecule has 29 heavy (non-hydrogen) atoms. The zero-order valence-corrected chi connectivity index (χ0v) is 18.1. The molecule has 1 aromatic carbocycles. The van der Waals surface area contributed by atoms with Gasteiger partial charge in [0, 0.05) is 25.1 Å². The molecule has 1 aromatic rings. The quantitative estimate of drug-likeness (QED) is 0.776. The van der Waals surface area contributed by atoms with E-state index < -0.39 is 35.1 Å². The second-order valence-electron chi connectivity index (χ2n) is 8.65. The van der Waals surface area contributed by atoms with E-state index in [4.69, 9.17) is 16.3 Å². The van der Waals surface area contributed by atoms with Crippen molar-refractivity contribution in [1.29, 1.82) is 0 Å². The Kier molecular flexibility index (Phi) is 7.11. The molecule has 2 rings (SSSR count). The van der Waals surface area contributed by atoms with E-state index in [9.17, 15) is 14.0 Å². The highest BCUT2D eigenvalue weighted by molar-refractivity contribution is 6.30. The van der Waals surface area contributed by atoms with Gasteiger partial charge in [-0.15, -0.1) is 0 Å². The Hall–Kier alpha value is -1.93. The molecule has 0 unspecified atom stereocenters. The largest absolute Gasteiger partial charge is 0.444 e. The van der Waals surface area contributed by atoms with Crippen LogP contribution in [0.4, 0.5) is 13.6 Å². The maximum absolute atomic E-state index is 15.3. The standard InChI is InChI=1S/C20H28ClF2N3O3/c1-19(2,3)29-18(28)26-12-20(23,11-25(4)5)9-15(26)17(27)24-10-13-7-6-8-14(21)16(13)22/h6-8,15H,9-12H2,1-5H3,(H,24,27)/t15-,20-/m0/s1. The van der Waals surface area contributed by atoms with Crippen molar-refractivity contribution in [1.82, 2.24) is 15.1 Å². The average molecular weight is 432 g/mol. The number of likely N-dealkylation sites (tertiary alicyclic amines) is 1. The lowest BCUT2D eigenvalue weighted by molar-refractivity contribution is -0.125. The van der Waals surface area contributed by atoms with Gasteiger partial charge in [0.25, 0.3) is 0 Å². The summed E-state index contributed by atoms with van der Waals surface area (Å²) in [5.74, 6) is -1.20. The first-order chi connectivity index (χ1) is 13.3. The van der Waals surface area contributed by atoms with Crippen molar-refractivity contribution < 1.29 is 23.1 Å². The fourth-order valence-electron chi connectivity index (χ4n) is 3.35. The molecular formula is C20H28ClF2N3O3. The van der Waals surface area contributed by atoms with Crippen LogP contribution in [0.2, 0.25) is 5.02 Å². The zero-order chi connectivity index (χ0) is 22.0. The monoisotopic (exact) mass is 431 g/mol. The number of rotatable bonds is 5. The van der Waals surface area contributed by atoms with Gasteiger partial charge < -0.3 is 15.0 Å². The minimum atomic E-state index is -1.76. The second-order valence-corrected chi connectivity index (χ2v) is 9.05. The number of halogens is 3. The number of benzene rings is 1. The van der Waals surface area contributed by atoms with E-state index in [2.05, 4.69) is 5.32 Å². The molecule has 1 fully saturated rings. The molecule has 1 heterocycles. The maximum Gasteiger partial charge on any atom is 0.411 e. The van der Waals surface area contributed by atoms with E-state index in [0.717, 1.165) is 4.90 Å². The fraction of sp³-hybridized carbons (Fsp3) is 0.600. The Balaban J connectivity index is 2.17. The molecule has 0 bridgehead atoms. The smallest absolute Gasteiger partial charge is 0.411 e. The molecule has 1 aliphatic heterocycles. The molecule has 9 heteroatoms. The number of carbonyl (C=O) groups excluding carboxylic acids is 2. The third-order valence-electron chi connectivity index (χ3n) is 4.40. The van der Waals surface area contributed by atoms with Crippen molar-refractivity contribution in [2.75, 3.05) is 27.2 Å². The molecule has 1 aliphatic rings. The highest BCUT2D eigenvalue weighted by atomic mass is 35.5. The summed E-state index contributed by atoms with van der Waals surface area (Å²) in [6, 6.07) is 3.41. The van der Waals surface area contributed by atoms with Crippen LogP contribution in [0.3, 0.4) is 0 Å². The van der Waals surface area contributed by atoms with E-state index >= 15 is 4.39 Å². The molecule has 2 atom stereocenters. The summed E-state index contributed by atoms with van der Waals surface area (Å²) < 4.78 is 34.7. The van der Waals surface area contributed by atoms with Crippen molar-refractivity contribution in [2.24, 2.45) is 0 Å². The predicted molar refractivity (Wildman–Crippen MR) is 107 cm³/mol. The molecule has 2 amide bonds. The van der Waals surface area contributed by atoms with Gasteiger partial charge in [-0.1, -0.05) is 23.7 Å². The molecule has 0 aliphatic carbocycles. The van der Waals surface area contributed by atoms with Crippen LogP contribution < -0.4 is 5.32 Å². The first kappa shape index (κ1) is 23.3. The van der Waals surface area contributed by atoms with Gasteiger partial charge in [0.15, 0.2) is 0 Å². The molecule has 0 radical (unpaired) electrons. The summed E-state index contributed by atoms with van der Waals surface area (Å²) in [5.41, 5.74) is -2.35. The number of nitrogens with one attached hydrogen (secondary N) is 1. The molecule has 6 nitrogen and oxygen atoms in total. The van der Waals surface area contributed by atoms with Crippen LogP contribution in [0.5, 0.6) is 0 Å². The Labute approximate surface area is 175 Å². The first-order valence-corrected chi connectivity index (χ1v) is 9.73. The minimum absolute atomic E-state index is 0.0539. The van der Waals surface area contributed by atoms with Gasteiger partial charge in [-0.2, -0.15) is 0 Å². The van der Waals surface area contributed by atoms with Crippen LogP contribution in [0.1, 0.15) is 32.8 Å². The molecule has 162 valence electrons. The normalized spacial score (nSPS) is 22.1. The van der Waals surface area contributed by atoms with Crippen LogP contribution in [0, 0.1) is 5.82 Å². The summed E-state index contributed by atoms with van der Waals surface area (Å²) in [7, 11) is 3.43. The number of hydrogen-bond acceptors (Lipinski definition) is 4. The lowest BCUT2D eigenvalue weighted by Crippen LogP contribution is -2.47. The van der Waals surface area contributed by atoms with Gasteiger partial charge in [0.1, 0.15) is 23.1 Å². The SMILES string of the molecule is CN(C)C[C@@]1(F)C[C@@H](C(=O)NCc2cccc(Cl)c2F)N(C(=O)OC(C)(C)C)C1. The van der Waals surface area contributed by atoms with Crippen LogP contribution in [-0.4, -0.2) is 66.3 Å². The molecule has 1 N–H and O–H groups in total. The predicted octanol–water partition coefficient (Wildman–Crippen LogP) is 3.37. The highest BCUT2D eigenvalue weighted by Gasteiger charge is 2.50. The number of carbonyl (C=O) groups is 2. The zero-order valence-electron chi connectivity index (χ0n) is 17.4. The molecule has 0 spiro atoms. The summed E-state index contributed by atoms with van der Waals surface area (Å²) >= 11 is 5.76. The van der Waals surface area contributed by atoms with E-state index in [1.165, 1.54) is 12.1 Å². The third kappa shape index (κ3) is 6.27. The van der Waals surface area contributed by atoms with Crippen molar-refractivity contribution in [3.8, 4) is 0 Å². The highest BCUT2D eigenvalue weighted by Crippen LogP contribution is 2.33. The van der Waals surface area contributed by atoms with Crippen molar-refractivity contribution >= 4 is 23.6 Å². The molecule has 0 aromatic heterocycles. The van der Waals surface area contributed by atoms with Gasteiger partial charge in [0.05, 0.1) is 11.6 Å². The van der Waals surface area contributed by atoms with E-state index in [1.54, 1.807) is 45.8 Å². The average Bonchev–Trinajstić information content (AvgIpc) is 2.91. The minimum Gasteiger partial charge on any atom is -0.444 e. The molecule has 0 saturated carbocycles. The summed E-state index contributed by atoms with van der Waals surface area (Å²) in [6.45, 7) is 4.75. The number of nitrogens with zero attached hydrogens (tertiary/aromatic N) is 2. The third-order valence-corrected chi connectivity index (χ3v) is 4.70. The summed E-state index contributed by atoms with van der Waals surface area (Å²) in [5, 5.41) is 2.53. The molecular weight excluding hydrogens is 404 g/mol. The van der Waals surface area contributed by atoms with Crippen molar-refractivity contribution in [3.63, 3.8) is 0 Å². The Bertz CT molecular complexity index is 770. The van der Waals surface area contributed by atoms with Gasteiger partial charge in [-0.3, -0.25) is 9.69 Å². The lowest BCUT2D eigenvalue weighted by atomic mass is 10.0. The Morgan fingerprint density at radius 2 is 2.03 bits per heavy atom. The van der Waals surface area contributed by atoms with Crippen LogP contribution in [-0.2, 0) is 16.1 Å². The van der Waals surface area contributed by atoms with E-state index in [0.29, 0.717) is 0 Å². The number of amides is 2. The Morgan fingerprint density at radius 3 is 2.62 bits per heavy atom. The summed E-state index contributed by atoms with van der Waals surface area (Å²) in [4.78, 5) is 28.1. The molecule has 1 saturated heterocycles. The van der Waals surface area contributed by atoms with Crippen molar-refractivity contribution in [2.45, 2.75) is 51.0 Å². The lowest BCUT2D eigenvalue weighted by Gasteiger charge is -2.28. The van der Waals surface area contributed by atoms with Crippen LogP contribution in [0.15, 0.2) is 18.2 Å². The van der Waals surface area contributed by atoms with Crippen LogP contribution in [0.25, 0.3) is 0 Å². The van der Waals surface area contributed by atoms with E-state index in [-0.39, 0.29) is 36.6 Å². The fourth-order valence-corrected chi connectivity index (χ4v) is 3.54. The van der Waals surface area contributed by atoms with Gasteiger partial charge in [-0.05, 0) is 40.9 Å². The number of ether oxygens (including phenoxy) is 1.